The van der Waals surface area contributed by atoms with Crippen LogP contribution in [0, 0.1) is 11.8 Å². The van der Waals surface area contributed by atoms with E-state index in [9.17, 15) is 4.79 Å². The SMILES string of the molecule is CC(C)CCCCCCCCCCCCCCC(=O)NCCC[N@+]1(Cc2ccccc2)CCN=C1CCCCCCCCCCCCCCC(C)C. The Morgan fingerprint density at radius 3 is 1.52 bits per heavy atom. The number of carbonyl (C=O) groups is 1. The van der Waals surface area contributed by atoms with E-state index in [2.05, 4.69) is 63.3 Å². The van der Waals surface area contributed by atoms with Gasteiger partial charge in [-0.25, -0.2) is 4.99 Å². The number of aliphatic imine (C=N–C) groups is 1. The molecule has 0 bridgehead atoms. The third-order valence-corrected chi connectivity index (χ3v) is 11.7. The lowest BCUT2D eigenvalue weighted by Gasteiger charge is -2.35. The highest BCUT2D eigenvalue weighted by atomic mass is 16.1. The predicted molar refractivity (Wildman–Crippen MR) is 229 cm³/mol. The number of nitrogens with one attached hydrogen (secondary N) is 1. The number of amides is 1. The molecule has 1 amide bonds. The van der Waals surface area contributed by atoms with Crippen molar-refractivity contribution in [3.63, 3.8) is 0 Å². The van der Waals surface area contributed by atoms with Crippen molar-refractivity contribution in [3.05, 3.63) is 35.9 Å². The summed E-state index contributed by atoms with van der Waals surface area (Å²) in [5.41, 5.74) is 1.41. The van der Waals surface area contributed by atoms with Gasteiger partial charge >= 0.3 is 0 Å². The Balaban J connectivity index is 1.54. The van der Waals surface area contributed by atoms with Crippen LogP contribution in [0.25, 0.3) is 0 Å². The number of benzene rings is 1. The number of quaternary nitrogens is 1. The van der Waals surface area contributed by atoms with E-state index >= 15 is 0 Å². The number of hydrogen-bond donors (Lipinski definition) is 1. The third-order valence-electron chi connectivity index (χ3n) is 11.7. The summed E-state index contributed by atoms with van der Waals surface area (Å²) in [4.78, 5) is 17.7. The third kappa shape index (κ3) is 24.6. The minimum atomic E-state index is 0.246. The first-order valence-electron chi connectivity index (χ1n) is 23.1. The average Bonchev–Trinajstić information content (AvgIpc) is 3.52. The quantitative estimate of drug-likeness (QED) is 0.0544. The minimum absolute atomic E-state index is 0.246. The van der Waals surface area contributed by atoms with Gasteiger partial charge in [-0.1, -0.05) is 212 Å². The van der Waals surface area contributed by atoms with Gasteiger partial charge in [-0.05, 0) is 24.7 Å². The molecular weight excluding hydrogens is 635 g/mol. The van der Waals surface area contributed by atoms with Gasteiger partial charge in [0, 0.05) is 31.4 Å². The van der Waals surface area contributed by atoms with Gasteiger partial charge in [0.25, 0.3) is 0 Å². The van der Waals surface area contributed by atoms with Crippen LogP contribution in [0.1, 0.15) is 219 Å². The first-order valence-corrected chi connectivity index (χ1v) is 23.1. The number of carbonyl (C=O) groups excluding carboxylic acids is 1. The molecule has 1 atom stereocenters. The molecule has 4 heteroatoms. The number of hydrogen-bond acceptors (Lipinski definition) is 2. The highest BCUT2D eigenvalue weighted by Crippen LogP contribution is 2.25. The Hall–Kier alpha value is -1.68. The molecule has 300 valence electrons. The van der Waals surface area contributed by atoms with Gasteiger partial charge in [-0.15, -0.1) is 0 Å². The molecule has 1 N–H and O–H groups in total. The normalized spacial score (nSPS) is 15.9. The molecule has 0 saturated carbocycles. The summed E-state index contributed by atoms with van der Waals surface area (Å²) in [6.07, 6.45) is 38.5. The summed E-state index contributed by atoms with van der Waals surface area (Å²) in [6, 6.07) is 11.0. The average molecular weight is 723 g/mol. The van der Waals surface area contributed by atoms with Crippen molar-refractivity contribution in [2.75, 3.05) is 26.2 Å². The molecule has 1 heterocycles. The van der Waals surface area contributed by atoms with Gasteiger partial charge in [-0.2, -0.15) is 0 Å². The Labute approximate surface area is 324 Å². The maximum Gasteiger partial charge on any atom is 0.219 e. The van der Waals surface area contributed by atoms with E-state index in [0.717, 1.165) is 68.3 Å². The molecule has 0 aliphatic carbocycles. The molecular formula is C48H88N3O+. The van der Waals surface area contributed by atoms with Crippen molar-refractivity contribution in [1.82, 2.24) is 5.32 Å². The van der Waals surface area contributed by atoms with Gasteiger partial charge in [0.05, 0.1) is 13.1 Å². The Morgan fingerprint density at radius 1 is 0.596 bits per heavy atom. The lowest BCUT2D eigenvalue weighted by molar-refractivity contribution is -0.850. The second-order valence-electron chi connectivity index (χ2n) is 17.6. The summed E-state index contributed by atoms with van der Waals surface area (Å²) in [6.45, 7) is 14.3. The van der Waals surface area contributed by atoms with Crippen molar-refractivity contribution in [2.24, 2.45) is 16.8 Å². The first-order chi connectivity index (χ1) is 25.4. The van der Waals surface area contributed by atoms with Crippen LogP contribution in [0.2, 0.25) is 0 Å². The second kappa shape index (κ2) is 31.6. The number of amidine groups is 1. The van der Waals surface area contributed by atoms with Crippen molar-refractivity contribution in [3.8, 4) is 0 Å². The van der Waals surface area contributed by atoms with Gasteiger partial charge in [-0.3, -0.25) is 9.28 Å². The molecule has 1 aromatic rings. The predicted octanol–water partition coefficient (Wildman–Crippen LogP) is 14.2. The molecule has 0 radical (unpaired) electrons. The molecule has 0 spiro atoms. The Kier molecular flexibility index (Phi) is 28.3. The highest BCUT2D eigenvalue weighted by molar-refractivity contribution is 5.77. The molecule has 1 aliphatic rings. The van der Waals surface area contributed by atoms with Gasteiger partial charge in [0.2, 0.25) is 5.91 Å². The van der Waals surface area contributed by atoms with E-state index in [0.29, 0.717) is 6.42 Å². The zero-order chi connectivity index (χ0) is 37.4. The topological polar surface area (TPSA) is 41.5 Å². The van der Waals surface area contributed by atoms with E-state index in [4.69, 9.17) is 4.99 Å². The smallest absolute Gasteiger partial charge is 0.219 e. The molecule has 0 saturated heterocycles. The summed E-state index contributed by atoms with van der Waals surface area (Å²) in [5.74, 6) is 3.39. The minimum Gasteiger partial charge on any atom is -0.356 e. The molecule has 0 fully saturated rings. The Morgan fingerprint density at radius 2 is 1.04 bits per heavy atom. The highest BCUT2D eigenvalue weighted by Gasteiger charge is 2.37. The van der Waals surface area contributed by atoms with Crippen LogP contribution in [0.4, 0.5) is 0 Å². The van der Waals surface area contributed by atoms with Gasteiger partial charge in [0.1, 0.15) is 13.1 Å². The van der Waals surface area contributed by atoms with E-state index in [1.54, 1.807) is 0 Å². The summed E-state index contributed by atoms with van der Waals surface area (Å²) >= 11 is 0. The fourth-order valence-electron chi connectivity index (χ4n) is 8.30. The van der Waals surface area contributed by atoms with Crippen LogP contribution in [-0.4, -0.2) is 42.4 Å². The van der Waals surface area contributed by atoms with Crippen LogP contribution in [0.3, 0.4) is 0 Å². The zero-order valence-corrected chi connectivity index (χ0v) is 35.4. The summed E-state index contributed by atoms with van der Waals surface area (Å²) in [7, 11) is 0. The van der Waals surface area contributed by atoms with E-state index in [1.165, 1.54) is 172 Å². The van der Waals surface area contributed by atoms with Gasteiger partial charge < -0.3 is 5.32 Å². The lowest BCUT2D eigenvalue weighted by atomic mass is 10.0. The molecule has 0 unspecified atom stereocenters. The van der Waals surface area contributed by atoms with Crippen LogP contribution >= 0.6 is 0 Å². The molecule has 1 aliphatic heterocycles. The standard InChI is InChI=1S/C48H87N3O/c1-44(2)33-26-21-17-13-9-5-7-11-15-19-23-30-37-47-49-40-42-51(47,43-46-35-28-25-29-36-46)41-32-39-50-48(52)38-31-24-20-16-12-8-6-10-14-18-22-27-34-45(3)4/h25,28-29,35-36,44-45H,5-24,26-27,30-34,37-43H2,1-4H3/p+1/t51-/m1/s1. The fourth-order valence-corrected chi connectivity index (χ4v) is 8.30. The van der Waals surface area contributed by atoms with E-state index in [1.807, 2.05) is 0 Å². The fraction of sp³-hybridized carbons (Fsp3) is 0.833. The Bertz CT molecular complexity index is 989. The van der Waals surface area contributed by atoms with Crippen LogP contribution < -0.4 is 5.32 Å². The molecule has 52 heavy (non-hydrogen) atoms. The zero-order valence-electron chi connectivity index (χ0n) is 35.4. The van der Waals surface area contributed by atoms with Gasteiger partial charge in [0.15, 0.2) is 5.84 Å². The maximum absolute atomic E-state index is 12.6. The van der Waals surface area contributed by atoms with Crippen LogP contribution in [-0.2, 0) is 11.3 Å². The van der Waals surface area contributed by atoms with Crippen LogP contribution in [0.15, 0.2) is 35.3 Å². The molecule has 4 nitrogen and oxygen atoms in total. The number of unbranched alkanes of at least 4 members (excludes halogenated alkanes) is 22. The molecule has 1 aromatic carbocycles. The van der Waals surface area contributed by atoms with Crippen molar-refractivity contribution < 1.29 is 9.28 Å². The monoisotopic (exact) mass is 723 g/mol. The van der Waals surface area contributed by atoms with Crippen molar-refractivity contribution in [2.45, 2.75) is 220 Å². The van der Waals surface area contributed by atoms with Crippen LogP contribution in [0.5, 0.6) is 0 Å². The summed E-state index contributed by atoms with van der Waals surface area (Å²) in [5, 5.41) is 3.26. The molecule has 2 rings (SSSR count). The number of rotatable bonds is 36. The van der Waals surface area contributed by atoms with E-state index < -0.39 is 0 Å². The summed E-state index contributed by atoms with van der Waals surface area (Å²) < 4.78 is 0.996. The molecule has 0 aromatic heterocycles. The largest absolute Gasteiger partial charge is 0.356 e. The van der Waals surface area contributed by atoms with E-state index in [-0.39, 0.29) is 5.91 Å². The number of nitrogens with zero attached hydrogens (tertiary/aromatic N) is 2. The maximum atomic E-state index is 12.6. The second-order valence-corrected chi connectivity index (χ2v) is 17.6. The first kappa shape index (κ1) is 46.5. The lowest BCUT2D eigenvalue weighted by Crippen LogP contribution is -2.51. The van der Waals surface area contributed by atoms with Crippen molar-refractivity contribution in [1.29, 1.82) is 0 Å². The van der Waals surface area contributed by atoms with Crippen molar-refractivity contribution >= 4 is 11.7 Å².